The molecule has 0 saturated heterocycles. The standard InChI is InChI=1S/C24H32N4O3/c1-5-15(6-2)22-25-14-20-23(29)26-18-12-17(21(31-4)13-19(18)28(20)22)24(30)27(3)16-10-8-7-9-11-16/h12-16H,5-11H2,1-4H3,(H,26,29). The van der Waals surface area contributed by atoms with Crippen LogP contribution in [0.25, 0.3) is 16.6 Å². The lowest BCUT2D eigenvalue weighted by molar-refractivity contribution is 0.0693. The molecule has 1 aliphatic rings. The Hall–Kier alpha value is -2.83. The average molecular weight is 425 g/mol. The molecule has 166 valence electrons. The van der Waals surface area contributed by atoms with E-state index in [4.69, 9.17) is 4.74 Å². The van der Waals surface area contributed by atoms with E-state index in [2.05, 4.69) is 23.8 Å². The van der Waals surface area contributed by atoms with Gasteiger partial charge >= 0.3 is 0 Å². The third-order valence-corrected chi connectivity index (χ3v) is 6.85. The van der Waals surface area contributed by atoms with Gasteiger partial charge in [0.25, 0.3) is 11.5 Å². The normalized spacial score (nSPS) is 15.1. The highest BCUT2D eigenvalue weighted by Crippen LogP contribution is 2.31. The van der Waals surface area contributed by atoms with Gasteiger partial charge in [0.1, 0.15) is 17.1 Å². The highest BCUT2D eigenvalue weighted by atomic mass is 16.5. The van der Waals surface area contributed by atoms with Crippen molar-refractivity contribution >= 4 is 22.5 Å². The molecule has 1 amide bonds. The number of rotatable bonds is 6. The van der Waals surface area contributed by atoms with E-state index < -0.39 is 0 Å². The Bertz CT molecular complexity index is 1150. The van der Waals surface area contributed by atoms with Crippen LogP contribution in [0.3, 0.4) is 0 Å². The van der Waals surface area contributed by atoms with Gasteiger partial charge in [0.05, 0.1) is 29.9 Å². The molecule has 1 aliphatic carbocycles. The van der Waals surface area contributed by atoms with Crippen LogP contribution in [-0.4, -0.2) is 45.4 Å². The molecular formula is C24H32N4O3. The molecular weight excluding hydrogens is 392 g/mol. The lowest BCUT2D eigenvalue weighted by atomic mass is 9.94. The minimum Gasteiger partial charge on any atom is -0.496 e. The van der Waals surface area contributed by atoms with E-state index in [1.165, 1.54) is 6.42 Å². The predicted octanol–water partition coefficient (Wildman–Crippen LogP) is 4.49. The fourth-order valence-electron chi connectivity index (χ4n) is 4.92. The number of ether oxygens (including phenoxy) is 1. The summed E-state index contributed by atoms with van der Waals surface area (Å²) in [5.41, 5.74) is 2.19. The van der Waals surface area contributed by atoms with Crippen LogP contribution in [0.15, 0.2) is 23.1 Å². The number of hydrogen-bond acceptors (Lipinski definition) is 4. The van der Waals surface area contributed by atoms with Gasteiger partial charge in [-0.2, -0.15) is 0 Å². The Morgan fingerprint density at radius 3 is 2.58 bits per heavy atom. The monoisotopic (exact) mass is 424 g/mol. The van der Waals surface area contributed by atoms with Crippen molar-refractivity contribution in [3.8, 4) is 5.75 Å². The van der Waals surface area contributed by atoms with Gasteiger partial charge in [0.2, 0.25) is 0 Å². The first kappa shape index (κ1) is 21.4. The summed E-state index contributed by atoms with van der Waals surface area (Å²) in [4.78, 5) is 35.5. The predicted molar refractivity (Wildman–Crippen MR) is 122 cm³/mol. The Morgan fingerprint density at radius 2 is 1.94 bits per heavy atom. The van der Waals surface area contributed by atoms with E-state index >= 15 is 0 Å². The number of methoxy groups -OCH3 is 1. The number of H-pyrrole nitrogens is 1. The quantitative estimate of drug-likeness (QED) is 0.632. The molecule has 1 fully saturated rings. The molecule has 0 spiro atoms. The molecule has 0 aliphatic heterocycles. The number of carbonyl (C=O) groups is 1. The maximum atomic E-state index is 13.4. The second-order valence-corrected chi connectivity index (χ2v) is 8.58. The van der Waals surface area contributed by atoms with E-state index in [1.54, 1.807) is 19.4 Å². The zero-order valence-electron chi connectivity index (χ0n) is 18.9. The van der Waals surface area contributed by atoms with Crippen molar-refractivity contribution in [1.29, 1.82) is 0 Å². The number of imidazole rings is 1. The molecule has 31 heavy (non-hydrogen) atoms. The van der Waals surface area contributed by atoms with Crippen LogP contribution in [0, 0.1) is 0 Å². The molecule has 4 rings (SSSR count). The summed E-state index contributed by atoms with van der Waals surface area (Å²) in [7, 11) is 3.45. The molecule has 1 saturated carbocycles. The third-order valence-electron chi connectivity index (χ3n) is 6.85. The summed E-state index contributed by atoms with van der Waals surface area (Å²) < 4.78 is 7.57. The van der Waals surface area contributed by atoms with Crippen molar-refractivity contribution in [3.05, 3.63) is 40.1 Å². The summed E-state index contributed by atoms with van der Waals surface area (Å²) in [5, 5.41) is 0. The smallest absolute Gasteiger partial charge is 0.274 e. The average Bonchev–Trinajstić information content (AvgIpc) is 3.25. The Morgan fingerprint density at radius 1 is 1.23 bits per heavy atom. The van der Waals surface area contributed by atoms with E-state index in [0.29, 0.717) is 22.3 Å². The number of aromatic nitrogens is 3. The zero-order valence-corrected chi connectivity index (χ0v) is 18.9. The Labute approximate surface area is 182 Å². The number of hydrogen-bond donors (Lipinski definition) is 1. The molecule has 7 nitrogen and oxygen atoms in total. The maximum absolute atomic E-state index is 13.4. The van der Waals surface area contributed by atoms with Crippen molar-refractivity contribution in [1.82, 2.24) is 19.3 Å². The number of carbonyl (C=O) groups excluding carboxylic acids is 1. The van der Waals surface area contributed by atoms with Gasteiger partial charge in [0, 0.05) is 25.1 Å². The summed E-state index contributed by atoms with van der Waals surface area (Å²) in [6, 6.07) is 3.86. The van der Waals surface area contributed by atoms with Gasteiger partial charge in [-0.3, -0.25) is 14.0 Å². The highest BCUT2D eigenvalue weighted by Gasteiger charge is 2.26. The van der Waals surface area contributed by atoms with Crippen molar-refractivity contribution in [3.63, 3.8) is 0 Å². The summed E-state index contributed by atoms with van der Waals surface area (Å²) in [5.74, 6) is 1.56. The number of nitrogens with zero attached hydrogens (tertiary/aromatic N) is 3. The van der Waals surface area contributed by atoms with Gasteiger partial charge in [-0.15, -0.1) is 0 Å². The second-order valence-electron chi connectivity index (χ2n) is 8.58. The van der Waals surface area contributed by atoms with Gasteiger partial charge in [0.15, 0.2) is 0 Å². The third kappa shape index (κ3) is 3.70. The number of amides is 1. The lowest BCUT2D eigenvalue weighted by Crippen LogP contribution is -2.38. The number of aromatic amines is 1. The van der Waals surface area contributed by atoms with Crippen molar-refractivity contribution in [2.24, 2.45) is 0 Å². The fraction of sp³-hybridized carbons (Fsp3) is 0.542. The van der Waals surface area contributed by atoms with Crippen molar-refractivity contribution < 1.29 is 9.53 Å². The molecule has 0 bridgehead atoms. The van der Waals surface area contributed by atoms with Crippen LogP contribution in [0.5, 0.6) is 5.75 Å². The molecule has 1 N–H and O–H groups in total. The van der Waals surface area contributed by atoms with Crippen LogP contribution < -0.4 is 10.3 Å². The number of benzene rings is 1. The molecule has 0 atom stereocenters. The van der Waals surface area contributed by atoms with Gasteiger partial charge in [-0.05, 0) is 31.7 Å². The highest BCUT2D eigenvalue weighted by molar-refractivity contribution is 6.00. The number of fused-ring (bicyclic) bond motifs is 3. The number of nitrogens with one attached hydrogen (secondary N) is 1. The molecule has 2 aromatic heterocycles. The van der Waals surface area contributed by atoms with Gasteiger partial charge < -0.3 is 14.6 Å². The second kappa shape index (κ2) is 8.73. The Kier molecular flexibility index (Phi) is 6.03. The van der Waals surface area contributed by atoms with Crippen molar-refractivity contribution in [2.45, 2.75) is 70.8 Å². The van der Waals surface area contributed by atoms with E-state index in [9.17, 15) is 9.59 Å². The molecule has 7 heteroatoms. The zero-order chi connectivity index (χ0) is 22.1. The first-order valence-electron chi connectivity index (χ1n) is 11.4. The van der Waals surface area contributed by atoms with E-state index in [-0.39, 0.29) is 23.4 Å². The van der Waals surface area contributed by atoms with Crippen LogP contribution in [0.4, 0.5) is 0 Å². The molecule has 0 unspecified atom stereocenters. The summed E-state index contributed by atoms with van der Waals surface area (Å²) in [6.07, 6.45) is 9.11. The topological polar surface area (TPSA) is 79.7 Å². The lowest BCUT2D eigenvalue weighted by Gasteiger charge is -2.31. The van der Waals surface area contributed by atoms with Crippen molar-refractivity contribution in [2.75, 3.05) is 14.2 Å². The van der Waals surface area contributed by atoms with E-state index in [1.807, 2.05) is 22.4 Å². The van der Waals surface area contributed by atoms with Crippen LogP contribution in [0.1, 0.15) is 80.9 Å². The van der Waals surface area contributed by atoms with Crippen LogP contribution >= 0.6 is 0 Å². The van der Waals surface area contributed by atoms with E-state index in [0.717, 1.165) is 49.9 Å². The van der Waals surface area contributed by atoms with Gasteiger partial charge in [-0.1, -0.05) is 33.1 Å². The van der Waals surface area contributed by atoms with Crippen LogP contribution in [0.2, 0.25) is 0 Å². The minimum absolute atomic E-state index is 0.0718. The Balaban J connectivity index is 1.87. The molecule has 2 heterocycles. The van der Waals surface area contributed by atoms with Crippen LogP contribution in [-0.2, 0) is 0 Å². The summed E-state index contributed by atoms with van der Waals surface area (Å²) in [6.45, 7) is 4.26. The largest absolute Gasteiger partial charge is 0.496 e. The fourth-order valence-corrected chi connectivity index (χ4v) is 4.92. The molecule has 3 aromatic rings. The maximum Gasteiger partial charge on any atom is 0.274 e. The minimum atomic E-state index is -0.207. The molecule has 0 radical (unpaired) electrons. The van der Waals surface area contributed by atoms with Gasteiger partial charge in [-0.25, -0.2) is 4.98 Å². The first-order valence-corrected chi connectivity index (χ1v) is 11.4. The first-order chi connectivity index (χ1) is 15.0. The summed E-state index contributed by atoms with van der Waals surface area (Å²) >= 11 is 0. The molecule has 1 aromatic carbocycles. The SMILES string of the molecule is CCC(CC)c1ncc2c(=O)[nH]c3cc(C(=O)N(C)C4CCCCC4)c(OC)cc3n12.